The molecule has 0 spiro atoms. The summed E-state index contributed by atoms with van der Waals surface area (Å²) in [7, 11) is 0. The van der Waals surface area contributed by atoms with Crippen molar-refractivity contribution in [1.29, 1.82) is 0 Å². The second-order valence-corrected chi connectivity index (χ2v) is 11.3. The molecule has 6 heteroatoms. The molecule has 2 N–H and O–H groups in total. The van der Waals surface area contributed by atoms with E-state index in [1.54, 1.807) is 12.1 Å². The molecule has 0 bridgehead atoms. The highest BCUT2D eigenvalue weighted by Gasteiger charge is 2.43. The summed E-state index contributed by atoms with van der Waals surface area (Å²) in [6.45, 7) is 3.44. The van der Waals surface area contributed by atoms with E-state index in [9.17, 15) is 19.5 Å². The summed E-state index contributed by atoms with van der Waals surface area (Å²) in [5, 5.41) is 12.8. The molecule has 3 aliphatic rings. The number of carbonyl (C=O) groups excluding carboxylic acids is 2. The van der Waals surface area contributed by atoms with Gasteiger partial charge in [-0.3, -0.25) is 9.59 Å². The Morgan fingerprint density at radius 3 is 2.49 bits per heavy atom. The largest absolute Gasteiger partial charge is 0.478 e. The van der Waals surface area contributed by atoms with Gasteiger partial charge in [-0.2, -0.15) is 0 Å². The third kappa shape index (κ3) is 5.20. The Kier molecular flexibility index (Phi) is 6.71. The van der Waals surface area contributed by atoms with E-state index in [4.69, 9.17) is 0 Å². The van der Waals surface area contributed by atoms with Crippen LogP contribution in [0.1, 0.15) is 69.8 Å². The van der Waals surface area contributed by atoms with Crippen molar-refractivity contribution in [2.75, 3.05) is 6.54 Å². The molecule has 2 fully saturated rings. The van der Waals surface area contributed by atoms with Gasteiger partial charge in [-0.1, -0.05) is 54.6 Å². The van der Waals surface area contributed by atoms with Crippen molar-refractivity contribution in [3.63, 3.8) is 0 Å². The summed E-state index contributed by atoms with van der Waals surface area (Å²) in [4.78, 5) is 39.8. The Bertz CT molecular complexity index is 1440. The zero-order valence-corrected chi connectivity index (χ0v) is 22.3. The normalized spacial score (nSPS) is 19.8. The van der Waals surface area contributed by atoms with Gasteiger partial charge in [0.15, 0.2) is 0 Å². The first-order chi connectivity index (χ1) is 18.9. The molecule has 3 aromatic carbocycles. The number of benzene rings is 3. The topological polar surface area (TPSA) is 86.7 Å². The van der Waals surface area contributed by atoms with Gasteiger partial charge in [0.2, 0.25) is 11.8 Å². The van der Waals surface area contributed by atoms with E-state index in [1.807, 2.05) is 42.2 Å². The van der Waals surface area contributed by atoms with E-state index in [0.29, 0.717) is 44.0 Å². The third-order valence-corrected chi connectivity index (χ3v) is 8.68. The van der Waals surface area contributed by atoms with Crippen molar-refractivity contribution in [2.45, 2.75) is 58.0 Å². The van der Waals surface area contributed by atoms with Crippen molar-refractivity contribution in [3.05, 3.63) is 94.0 Å². The zero-order valence-electron chi connectivity index (χ0n) is 22.3. The zero-order chi connectivity index (χ0) is 27.1. The van der Waals surface area contributed by atoms with E-state index in [1.165, 1.54) is 5.56 Å². The van der Waals surface area contributed by atoms with Crippen molar-refractivity contribution in [3.8, 4) is 11.1 Å². The average Bonchev–Trinajstić information content (AvgIpc) is 3.88. The van der Waals surface area contributed by atoms with E-state index < -0.39 is 5.97 Å². The van der Waals surface area contributed by atoms with Gasteiger partial charge in [-0.25, -0.2) is 4.79 Å². The SMILES string of the molecule is Cc1c(C(=O)O)cccc1-c1ccc(CNC(=O)C2CC2c2ccccc2)c2c1CCN(C(=O)CC1CC1)C2. The number of carboxylic acids is 1. The van der Waals surface area contributed by atoms with Crippen LogP contribution < -0.4 is 5.32 Å². The highest BCUT2D eigenvalue weighted by atomic mass is 16.4. The molecule has 0 radical (unpaired) electrons. The fourth-order valence-electron chi connectivity index (χ4n) is 6.10. The summed E-state index contributed by atoms with van der Waals surface area (Å²) in [5.41, 5.74) is 7.42. The Balaban J connectivity index is 1.27. The summed E-state index contributed by atoms with van der Waals surface area (Å²) >= 11 is 0. The van der Waals surface area contributed by atoms with Crippen LogP contribution in [0.5, 0.6) is 0 Å². The van der Waals surface area contributed by atoms with Gasteiger partial charge in [0.25, 0.3) is 0 Å². The minimum absolute atomic E-state index is 0.000487. The van der Waals surface area contributed by atoms with Crippen LogP contribution in [0.15, 0.2) is 60.7 Å². The van der Waals surface area contributed by atoms with Crippen LogP contribution in [-0.4, -0.2) is 34.3 Å². The number of amides is 2. The monoisotopic (exact) mass is 522 g/mol. The second-order valence-electron chi connectivity index (χ2n) is 11.3. The number of nitrogens with one attached hydrogen (secondary N) is 1. The summed E-state index contributed by atoms with van der Waals surface area (Å²) in [5.74, 6) is 0.151. The lowest BCUT2D eigenvalue weighted by Gasteiger charge is -2.32. The second kappa shape index (κ2) is 10.3. The number of carbonyl (C=O) groups is 3. The smallest absolute Gasteiger partial charge is 0.335 e. The Hall–Kier alpha value is -3.93. The number of nitrogens with zero attached hydrogens (tertiary/aromatic N) is 1. The molecule has 6 rings (SSSR count). The molecule has 200 valence electrons. The minimum atomic E-state index is -0.937. The van der Waals surface area contributed by atoms with E-state index in [2.05, 4.69) is 23.5 Å². The standard InChI is InChI=1S/C33H34N2O4/c1-20-24(8-5-9-25(20)33(38)39)26-13-12-23(18-34-32(37)29-17-28(29)22-6-3-2-4-7-22)30-19-35(15-14-27(26)30)31(36)16-21-10-11-21/h2-9,12-13,21,28-29H,10-11,14-19H2,1H3,(H,34,37)(H,38,39). The number of rotatable bonds is 8. The Labute approximate surface area is 229 Å². The molecular formula is C33H34N2O4. The number of hydrogen-bond donors (Lipinski definition) is 2. The molecule has 2 amide bonds. The van der Waals surface area contributed by atoms with E-state index >= 15 is 0 Å². The molecule has 6 nitrogen and oxygen atoms in total. The average molecular weight is 523 g/mol. The number of aromatic carboxylic acids is 1. The molecule has 1 aliphatic heterocycles. The summed E-state index contributed by atoms with van der Waals surface area (Å²) in [6.07, 6.45) is 4.47. The van der Waals surface area contributed by atoms with Gasteiger partial charge in [0.1, 0.15) is 0 Å². The predicted octanol–water partition coefficient (Wildman–Crippen LogP) is 5.46. The molecule has 2 atom stereocenters. The number of fused-ring (bicyclic) bond motifs is 1. The molecule has 2 saturated carbocycles. The molecular weight excluding hydrogens is 488 g/mol. The molecule has 0 saturated heterocycles. The number of carboxylic acid groups (broad SMARTS) is 1. The lowest BCUT2D eigenvalue weighted by molar-refractivity contribution is -0.132. The fraction of sp³-hybridized carbons (Fsp3) is 0.364. The van der Waals surface area contributed by atoms with Gasteiger partial charge in [0.05, 0.1) is 5.56 Å². The maximum atomic E-state index is 13.0. The first kappa shape index (κ1) is 25.4. The van der Waals surface area contributed by atoms with Crippen molar-refractivity contribution in [2.24, 2.45) is 11.8 Å². The predicted molar refractivity (Wildman–Crippen MR) is 149 cm³/mol. The fourth-order valence-corrected chi connectivity index (χ4v) is 6.10. The highest BCUT2D eigenvalue weighted by Crippen LogP contribution is 2.47. The van der Waals surface area contributed by atoms with Gasteiger partial charge < -0.3 is 15.3 Å². The van der Waals surface area contributed by atoms with Crippen molar-refractivity contribution < 1.29 is 19.5 Å². The lowest BCUT2D eigenvalue weighted by Crippen LogP contribution is -2.37. The minimum Gasteiger partial charge on any atom is -0.478 e. The Morgan fingerprint density at radius 1 is 0.949 bits per heavy atom. The summed E-state index contributed by atoms with van der Waals surface area (Å²) < 4.78 is 0. The molecule has 1 heterocycles. The molecule has 2 aliphatic carbocycles. The van der Waals surface area contributed by atoms with Crippen LogP contribution in [0.4, 0.5) is 0 Å². The van der Waals surface area contributed by atoms with Crippen LogP contribution in [0, 0.1) is 18.8 Å². The third-order valence-electron chi connectivity index (χ3n) is 8.68. The van der Waals surface area contributed by atoms with Gasteiger partial charge >= 0.3 is 5.97 Å². The van der Waals surface area contributed by atoms with Crippen LogP contribution in [-0.2, 0) is 29.1 Å². The molecule has 0 aromatic heterocycles. The van der Waals surface area contributed by atoms with Crippen LogP contribution >= 0.6 is 0 Å². The highest BCUT2D eigenvalue weighted by molar-refractivity contribution is 5.92. The van der Waals surface area contributed by atoms with E-state index in [0.717, 1.165) is 52.6 Å². The van der Waals surface area contributed by atoms with Gasteiger partial charge in [-0.15, -0.1) is 0 Å². The first-order valence-corrected chi connectivity index (χ1v) is 14.0. The van der Waals surface area contributed by atoms with Crippen LogP contribution in [0.25, 0.3) is 11.1 Å². The van der Waals surface area contributed by atoms with Crippen LogP contribution in [0.3, 0.4) is 0 Å². The van der Waals surface area contributed by atoms with Crippen LogP contribution in [0.2, 0.25) is 0 Å². The van der Waals surface area contributed by atoms with E-state index in [-0.39, 0.29) is 23.7 Å². The molecule has 2 unspecified atom stereocenters. The molecule has 39 heavy (non-hydrogen) atoms. The van der Waals surface area contributed by atoms with Gasteiger partial charge in [-0.05, 0) is 89.5 Å². The lowest BCUT2D eigenvalue weighted by atomic mass is 9.85. The maximum Gasteiger partial charge on any atom is 0.335 e. The maximum absolute atomic E-state index is 13.0. The van der Waals surface area contributed by atoms with Crippen molar-refractivity contribution >= 4 is 17.8 Å². The number of hydrogen-bond acceptors (Lipinski definition) is 3. The summed E-state index contributed by atoms with van der Waals surface area (Å²) in [6, 6.07) is 19.7. The van der Waals surface area contributed by atoms with Crippen molar-refractivity contribution in [1.82, 2.24) is 10.2 Å². The van der Waals surface area contributed by atoms with Gasteiger partial charge in [0, 0.05) is 32.0 Å². The first-order valence-electron chi connectivity index (χ1n) is 14.0. The Morgan fingerprint density at radius 2 is 1.74 bits per heavy atom. The molecule has 3 aromatic rings. The quantitative estimate of drug-likeness (QED) is 0.411.